The predicted molar refractivity (Wildman–Crippen MR) is 99.5 cm³/mol. The molecule has 0 amide bonds. The minimum absolute atomic E-state index is 0.0516. The lowest BCUT2D eigenvalue weighted by molar-refractivity contribution is 0.135. The molecule has 0 radical (unpaired) electrons. The van der Waals surface area contributed by atoms with E-state index in [4.69, 9.17) is 16.0 Å². The number of hydrogen-bond acceptors (Lipinski definition) is 4. The molecule has 4 rings (SSSR count). The lowest BCUT2D eigenvalue weighted by Crippen LogP contribution is -2.38. The highest BCUT2D eigenvalue weighted by Gasteiger charge is 2.27. The van der Waals surface area contributed by atoms with E-state index < -0.39 is 0 Å². The second kappa shape index (κ2) is 6.65. The van der Waals surface area contributed by atoms with Crippen LogP contribution >= 0.6 is 11.6 Å². The van der Waals surface area contributed by atoms with Crippen LogP contribution in [0.25, 0.3) is 11.0 Å². The third kappa shape index (κ3) is 2.85. The van der Waals surface area contributed by atoms with Gasteiger partial charge in [-0.2, -0.15) is 0 Å². The smallest absolute Gasteiger partial charge is 0.339 e. The van der Waals surface area contributed by atoms with Crippen LogP contribution in [0.5, 0.6) is 5.75 Å². The number of fused-ring (bicyclic) bond motifs is 3. The van der Waals surface area contributed by atoms with Gasteiger partial charge in [-0.3, -0.25) is 4.90 Å². The molecule has 1 aliphatic carbocycles. The van der Waals surface area contributed by atoms with Gasteiger partial charge in [0, 0.05) is 23.5 Å². The van der Waals surface area contributed by atoms with E-state index in [0.717, 1.165) is 55.2 Å². The van der Waals surface area contributed by atoms with Crippen molar-refractivity contribution in [1.82, 2.24) is 4.90 Å². The molecule has 2 aromatic rings. The van der Waals surface area contributed by atoms with E-state index in [2.05, 4.69) is 11.8 Å². The fourth-order valence-corrected chi connectivity index (χ4v) is 4.74. The van der Waals surface area contributed by atoms with E-state index in [0.29, 0.717) is 28.8 Å². The number of nitrogens with zero attached hydrogens (tertiary/aromatic N) is 1. The summed E-state index contributed by atoms with van der Waals surface area (Å²) in [5.41, 5.74) is 2.76. The van der Waals surface area contributed by atoms with Crippen molar-refractivity contribution >= 4 is 22.6 Å². The van der Waals surface area contributed by atoms with Crippen molar-refractivity contribution in [2.24, 2.45) is 0 Å². The zero-order valence-corrected chi connectivity index (χ0v) is 15.4. The van der Waals surface area contributed by atoms with Crippen molar-refractivity contribution in [2.75, 3.05) is 6.54 Å². The molecule has 134 valence electrons. The number of benzene rings is 1. The fraction of sp³-hybridized carbons (Fsp3) is 0.550. The molecule has 5 heteroatoms. The van der Waals surface area contributed by atoms with Crippen LogP contribution in [0.2, 0.25) is 5.02 Å². The lowest BCUT2D eigenvalue weighted by atomic mass is 9.97. The van der Waals surface area contributed by atoms with Crippen molar-refractivity contribution in [2.45, 2.75) is 64.5 Å². The molecule has 1 fully saturated rings. The Morgan fingerprint density at radius 3 is 2.88 bits per heavy atom. The van der Waals surface area contributed by atoms with Gasteiger partial charge in [0.2, 0.25) is 0 Å². The second-order valence-corrected chi connectivity index (χ2v) is 7.70. The minimum Gasteiger partial charge on any atom is -0.506 e. The van der Waals surface area contributed by atoms with Gasteiger partial charge < -0.3 is 9.52 Å². The molecule has 1 aliphatic heterocycles. The van der Waals surface area contributed by atoms with Gasteiger partial charge >= 0.3 is 5.63 Å². The van der Waals surface area contributed by atoms with Crippen LogP contribution in [-0.4, -0.2) is 22.6 Å². The zero-order chi connectivity index (χ0) is 17.6. The minimum atomic E-state index is -0.256. The Labute approximate surface area is 152 Å². The van der Waals surface area contributed by atoms with Crippen LogP contribution in [0.3, 0.4) is 0 Å². The summed E-state index contributed by atoms with van der Waals surface area (Å²) in [5, 5.41) is 11.8. The standard InChI is InChI=1S/C20H24ClNO3/c1-2-12-6-3-4-9-22(12)11-16-18(23)17(21)10-15-13-7-5-8-14(13)20(24)25-19(15)16/h10,12,23H,2-9,11H2,1H3/t12-/m0/s1. The largest absolute Gasteiger partial charge is 0.506 e. The Morgan fingerprint density at radius 2 is 2.08 bits per heavy atom. The molecular formula is C20H24ClNO3. The summed E-state index contributed by atoms with van der Waals surface area (Å²) >= 11 is 6.33. The quantitative estimate of drug-likeness (QED) is 0.823. The summed E-state index contributed by atoms with van der Waals surface area (Å²) in [6.07, 6.45) is 7.28. The molecule has 1 atom stereocenters. The molecule has 1 saturated heterocycles. The number of phenolic OH excluding ortho intramolecular Hbond substituents is 1. The Morgan fingerprint density at radius 1 is 1.28 bits per heavy atom. The number of piperidine rings is 1. The Balaban J connectivity index is 1.86. The Hall–Kier alpha value is -1.52. The van der Waals surface area contributed by atoms with Crippen LogP contribution in [0.4, 0.5) is 0 Å². The van der Waals surface area contributed by atoms with Gasteiger partial charge in [0.1, 0.15) is 11.3 Å². The number of phenols is 1. The first-order valence-electron chi connectivity index (χ1n) is 9.33. The predicted octanol–water partition coefficient (Wildman–Crippen LogP) is 4.41. The molecular weight excluding hydrogens is 338 g/mol. The maximum absolute atomic E-state index is 12.4. The first-order valence-corrected chi connectivity index (χ1v) is 9.71. The first-order chi connectivity index (χ1) is 12.1. The second-order valence-electron chi connectivity index (χ2n) is 7.29. The molecule has 0 bridgehead atoms. The molecule has 25 heavy (non-hydrogen) atoms. The van der Waals surface area contributed by atoms with Crippen molar-refractivity contribution in [3.05, 3.63) is 38.2 Å². The third-order valence-corrected chi connectivity index (χ3v) is 6.16. The molecule has 2 heterocycles. The van der Waals surface area contributed by atoms with E-state index in [-0.39, 0.29) is 11.4 Å². The van der Waals surface area contributed by atoms with E-state index in [1.807, 2.05) is 0 Å². The van der Waals surface area contributed by atoms with Crippen molar-refractivity contribution in [3.63, 3.8) is 0 Å². The van der Waals surface area contributed by atoms with E-state index in [1.165, 1.54) is 12.8 Å². The van der Waals surface area contributed by atoms with Crippen LogP contribution in [-0.2, 0) is 19.4 Å². The molecule has 0 saturated carbocycles. The highest BCUT2D eigenvalue weighted by atomic mass is 35.5. The van der Waals surface area contributed by atoms with Gasteiger partial charge in [0.05, 0.1) is 10.6 Å². The SMILES string of the molecule is CC[C@H]1CCCCN1Cc1c(O)c(Cl)cc2c3c(c(=O)oc12)CCC3. The van der Waals surface area contributed by atoms with Crippen LogP contribution in [0.15, 0.2) is 15.3 Å². The van der Waals surface area contributed by atoms with Gasteiger partial charge in [-0.1, -0.05) is 24.9 Å². The summed E-state index contributed by atoms with van der Waals surface area (Å²) in [6, 6.07) is 2.26. The number of halogens is 1. The highest BCUT2D eigenvalue weighted by Crippen LogP contribution is 2.39. The van der Waals surface area contributed by atoms with Crippen LogP contribution in [0.1, 0.15) is 55.7 Å². The van der Waals surface area contributed by atoms with Crippen molar-refractivity contribution in [3.8, 4) is 5.75 Å². The molecule has 1 N–H and O–H groups in total. The highest BCUT2D eigenvalue weighted by molar-refractivity contribution is 6.33. The Bertz CT molecular complexity index is 874. The van der Waals surface area contributed by atoms with Crippen molar-refractivity contribution < 1.29 is 9.52 Å². The van der Waals surface area contributed by atoms with E-state index in [9.17, 15) is 9.90 Å². The summed E-state index contributed by atoms with van der Waals surface area (Å²) in [4.78, 5) is 14.8. The summed E-state index contributed by atoms with van der Waals surface area (Å²) in [6.45, 7) is 3.77. The lowest BCUT2D eigenvalue weighted by Gasteiger charge is -2.35. The summed E-state index contributed by atoms with van der Waals surface area (Å²) in [5.74, 6) is 0.0516. The molecule has 1 aromatic heterocycles. The average Bonchev–Trinajstić information content (AvgIpc) is 3.11. The average molecular weight is 362 g/mol. The molecule has 4 nitrogen and oxygen atoms in total. The number of aromatic hydroxyl groups is 1. The normalized spacial score (nSPS) is 21.0. The summed E-state index contributed by atoms with van der Waals surface area (Å²) < 4.78 is 5.68. The number of rotatable bonds is 3. The van der Waals surface area contributed by atoms with E-state index >= 15 is 0 Å². The van der Waals surface area contributed by atoms with Gasteiger partial charge in [-0.15, -0.1) is 0 Å². The van der Waals surface area contributed by atoms with Crippen LogP contribution in [0, 0.1) is 0 Å². The Kier molecular flexibility index (Phi) is 4.50. The zero-order valence-electron chi connectivity index (χ0n) is 14.6. The van der Waals surface area contributed by atoms with Gasteiger partial charge in [-0.25, -0.2) is 4.79 Å². The first kappa shape index (κ1) is 16.9. The van der Waals surface area contributed by atoms with E-state index in [1.54, 1.807) is 6.07 Å². The summed E-state index contributed by atoms with van der Waals surface area (Å²) in [7, 11) is 0. The topological polar surface area (TPSA) is 53.7 Å². The van der Waals surface area contributed by atoms with Crippen molar-refractivity contribution in [1.29, 1.82) is 0 Å². The van der Waals surface area contributed by atoms with Gasteiger partial charge in [0.25, 0.3) is 0 Å². The molecule has 2 aliphatic rings. The van der Waals surface area contributed by atoms with Gasteiger partial charge in [-0.05, 0) is 56.7 Å². The third-order valence-electron chi connectivity index (χ3n) is 5.87. The fourth-order valence-electron chi connectivity index (χ4n) is 4.52. The van der Waals surface area contributed by atoms with Crippen LogP contribution < -0.4 is 5.63 Å². The number of hydrogen-bond donors (Lipinski definition) is 1. The monoisotopic (exact) mass is 361 g/mol. The molecule has 0 unspecified atom stereocenters. The molecule has 0 spiro atoms. The molecule has 1 aromatic carbocycles. The maximum Gasteiger partial charge on any atom is 0.339 e. The number of aryl methyl sites for hydroxylation is 1. The van der Waals surface area contributed by atoms with Gasteiger partial charge in [0.15, 0.2) is 0 Å². The number of likely N-dealkylation sites (tertiary alicyclic amines) is 1. The maximum atomic E-state index is 12.4.